The average Bonchev–Trinajstić information content (AvgIpc) is 3.30. The molecule has 3 aromatic rings. The number of fused-ring (bicyclic) bond motifs is 1. The number of carbonyl (C=O) groups excluding carboxylic acids is 2. The lowest BCUT2D eigenvalue weighted by Crippen LogP contribution is -2.30. The number of carbonyl (C=O) groups is 2. The number of pyridine rings is 1. The zero-order valence-electron chi connectivity index (χ0n) is 15.6. The van der Waals surface area contributed by atoms with Gasteiger partial charge in [0.15, 0.2) is 0 Å². The molecule has 3 aromatic heterocycles. The van der Waals surface area contributed by atoms with Crippen LogP contribution in [0.5, 0.6) is 0 Å². The number of hydrogen-bond donors (Lipinski definition) is 1. The van der Waals surface area contributed by atoms with Gasteiger partial charge in [-0.25, -0.2) is 4.98 Å². The number of aryl methyl sites for hydroxylation is 1. The lowest BCUT2D eigenvalue weighted by atomic mass is 10.0. The zero-order valence-corrected chi connectivity index (χ0v) is 16.4. The first-order valence-corrected chi connectivity index (χ1v) is 9.46. The highest BCUT2D eigenvalue weighted by atomic mass is 32.1. The minimum atomic E-state index is -0.476. The van der Waals surface area contributed by atoms with E-state index in [2.05, 4.69) is 15.5 Å². The molecule has 0 aromatic carbocycles. The second-order valence-corrected chi connectivity index (χ2v) is 7.50. The van der Waals surface area contributed by atoms with E-state index >= 15 is 0 Å². The summed E-state index contributed by atoms with van der Waals surface area (Å²) in [5.41, 5.74) is 2.11. The van der Waals surface area contributed by atoms with E-state index in [9.17, 15) is 9.59 Å². The third-order valence-electron chi connectivity index (χ3n) is 4.26. The van der Waals surface area contributed by atoms with Gasteiger partial charge in [-0.2, -0.15) is 0 Å². The van der Waals surface area contributed by atoms with Gasteiger partial charge >= 0.3 is 5.97 Å². The molecule has 0 aliphatic carbocycles. The van der Waals surface area contributed by atoms with Gasteiger partial charge in [-0.15, -0.1) is 11.3 Å². The molecule has 7 nitrogen and oxygen atoms in total. The monoisotopic (exact) mass is 387 g/mol. The normalized spacial score (nSPS) is 12.3. The Morgan fingerprint density at radius 1 is 1.37 bits per heavy atom. The van der Waals surface area contributed by atoms with Crippen molar-refractivity contribution in [2.75, 3.05) is 7.11 Å². The number of rotatable bonds is 6. The van der Waals surface area contributed by atoms with Gasteiger partial charge in [-0.1, -0.05) is 25.1 Å². The highest BCUT2D eigenvalue weighted by molar-refractivity contribution is 7.10. The van der Waals surface area contributed by atoms with Gasteiger partial charge in [-0.3, -0.25) is 9.59 Å². The van der Waals surface area contributed by atoms with Crippen LogP contribution in [-0.2, 0) is 9.53 Å². The summed E-state index contributed by atoms with van der Waals surface area (Å²) in [5, 5.41) is 9.37. The van der Waals surface area contributed by atoms with Gasteiger partial charge < -0.3 is 14.6 Å². The minimum absolute atomic E-state index is 0.0522. The fourth-order valence-electron chi connectivity index (χ4n) is 2.79. The van der Waals surface area contributed by atoms with Crippen LogP contribution >= 0.6 is 11.3 Å². The number of aromatic nitrogens is 2. The Morgan fingerprint density at radius 2 is 2.15 bits per heavy atom. The molecular weight excluding hydrogens is 366 g/mol. The smallest absolute Gasteiger partial charge is 0.307 e. The maximum absolute atomic E-state index is 13.1. The fourth-order valence-corrected chi connectivity index (χ4v) is 3.56. The molecule has 1 N–H and O–H groups in total. The number of thiophene rings is 1. The van der Waals surface area contributed by atoms with Crippen LogP contribution in [0.4, 0.5) is 0 Å². The largest absolute Gasteiger partial charge is 0.469 e. The number of methoxy groups -OCH3 is 1. The second kappa shape index (κ2) is 7.87. The van der Waals surface area contributed by atoms with Crippen LogP contribution in [0, 0.1) is 6.92 Å². The summed E-state index contributed by atoms with van der Waals surface area (Å²) in [6, 6.07) is 5.04. The standard InChI is InChI=1S/C19H21N3O4S/c1-10(2)13-8-12(17-11(3)22-26-19(17)21-13)18(24)20-14(9-16(23)25-4)15-6-5-7-27-15/h5-8,10,14H,9H2,1-4H3,(H,20,24). The van der Waals surface area contributed by atoms with Crippen molar-refractivity contribution in [3.05, 3.63) is 45.4 Å². The number of esters is 1. The molecule has 1 amide bonds. The molecule has 0 bridgehead atoms. The lowest BCUT2D eigenvalue weighted by Gasteiger charge is -2.17. The Labute approximate surface area is 160 Å². The van der Waals surface area contributed by atoms with Crippen molar-refractivity contribution in [2.24, 2.45) is 0 Å². The van der Waals surface area contributed by atoms with E-state index in [-0.39, 0.29) is 18.2 Å². The summed E-state index contributed by atoms with van der Waals surface area (Å²) in [7, 11) is 1.33. The number of amides is 1. The van der Waals surface area contributed by atoms with Gasteiger partial charge in [0.05, 0.1) is 36.2 Å². The van der Waals surface area contributed by atoms with E-state index in [1.807, 2.05) is 31.4 Å². The molecule has 1 unspecified atom stereocenters. The molecule has 0 aliphatic rings. The van der Waals surface area contributed by atoms with E-state index in [0.29, 0.717) is 22.4 Å². The van der Waals surface area contributed by atoms with Crippen molar-refractivity contribution < 1.29 is 18.8 Å². The van der Waals surface area contributed by atoms with Gasteiger partial charge in [0.2, 0.25) is 0 Å². The van der Waals surface area contributed by atoms with Crippen molar-refractivity contribution in [2.45, 2.75) is 39.2 Å². The van der Waals surface area contributed by atoms with Crippen molar-refractivity contribution >= 4 is 34.3 Å². The van der Waals surface area contributed by atoms with E-state index in [1.165, 1.54) is 18.4 Å². The van der Waals surface area contributed by atoms with Crippen LogP contribution in [0.15, 0.2) is 28.1 Å². The van der Waals surface area contributed by atoms with E-state index in [4.69, 9.17) is 9.26 Å². The van der Waals surface area contributed by atoms with Crippen LogP contribution in [-0.4, -0.2) is 29.1 Å². The van der Waals surface area contributed by atoms with Crippen molar-refractivity contribution in [1.82, 2.24) is 15.5 Å². The predicted octanol–water partition coefficient (Wildman–Crippen LogP) is 3.75. The number of hydrogen-bond acceptors (Lipinski definition) is 7. The van der Waals surface area contributed by atoms with Gasteiger partial charge in [0.1, 0.15) is 0 Å². The molecule has 0 fully saturated rings. The molecule has 0 radical (unpaired) electrons. The van der Waals surface area contributed by atoms with Gasteiger partial charge in [0.25, 0.3) is 11.6 Å². The zero-order chi connectivity index (χ0) is 19.6. The third-order valence-corrected chi connectivity index (χ3v) is 5.25. The Balaban J connectivity index is 1.98. The summed E-state index contributed by atoms with van der Waals surface area (Å²) >= 11 is 1.47. The van der Waals surface area contributed by atoms with E-state index in [0.717, 1.165) is 10.6 Å². The first-order valence-electron chi connectivity index (χ1n) is 8.58. The minimum Gasteiger partial charge on any atom is -0.469 e. The average molecular weight is 387 g/mol. The summed E-state index contributed by atoms with van der Waals surface area (Å²) in [4.78, 5) is 30.2. The summed E-state index contributed by atoms with van der Waals surface area (Å²) in [5.74, 6) is -0.579. The molecular formula is C19H21N3O4S. The lowest BCUT2D eigenvalue weighted by molar-refractivity contribution is -0.141. The Bertz CT molecular complexity index is 963. The van der Waals surface area contributed by atoms with E-state index < -0.39 is 12.0 Å². The predicted molar refractivity (Wildman–Crippen MR) is 102 cm³/mol. The number of nitrogens with zero attached hydrogens (tertiary/aromatic N) is 2. The summed E-state index contributed by atoms with van der Waals surface area (Å²) in [6.07, 6.45) is 0.0522. The number of nitrogens with one attached hydrogen (secondary N) is 1. The van der Waals surface area contributed by atoms with Crippen LogP contribution < -0.4 is 5.32 Å². The van der Waals surface area contributed by atoms with Crippen molar-refractivity contribution in [3.63, 3.8) is 0 Å². The summed E-state index contributed by atoms with van der Waals surface area (Å²) < 4.78 is 10.0. The topological polar surface area (TPSA) is 94.3 Å². The molecule has 8 heteroatoms. The van der Waals surface area contributed by atoms with Crippen molar-refractivity contribution in [3.8, 4) is 0 Å². The third kappa shape index (κ3) is 4.00. The molecule has 1 atom stereocenters. The van der Waals surface area contributed by atoms with Gasteiger partial charge in [-0.05, 0) is 30.4 Å². The van der Waals surface area contributed by atoms with Crippen LogP contribution in [0.1, 0.15) is 58.9 Å². The molecule has 0 saturated heterocycles. The maximum atomic E-state index is 13.1. The highest BCUT2D eigenvalue weighted by Crippen LogP contribution is 2.27. The van der Waals surface area contributed by atoms with E-state index in [1.54, 1.807) is 13.0 Å². The molecule has 3 rings (SSSR count). The first-order chi connectivity index (χ1) is 12.9. The molecule has 0 aliphatic heterocycles. The summed E-state index contributed by atoms with van der Waals surface area (Å²) in [6.45, 7) is 5.75. The molecule has 142 valence electrons. The van der Waals surface area contributed by atoms with Crippen LogP contribution in [0.3, 0.4) is 0 Å². The maximum Gasteiger partial charge on any atom is 0.307 e. The Hall–Kier alpha value is -2.74. The van der Waals surface area contributed by atoms with Crippen molar-refractivity contribution in [1.29, 1.82) is 0 Å². The Kier molecular flexibility index (Phi) is 5.55. The first kappa shape index (κ1) is 19.0. The number of ether oxygens (including phenoxy) is 1. The molecule has 27 heavy (non-hydrogen) atoms. The molecule has 3 heterocycles. The highest BCUT2D eigenvalue weighted by Gasteiger charge is 2.24. The Morgan fingerprint density at radius 3 is 2.78 bits per heavy atom. The van der Waals surface area contributed by atoms with Gasteiger partial charge in [0, 0.05) is 10.6 Å². The van der Waals surface area contributed by atoms with Crippen LogP contribution in [0.25, 0.3) is 11.1 Å². The fraction of sp³-hybridized carbons (Fsp3) is 0.368. The quantitative estimate of drug-likeness (QED) is 0.647. The molecule has 0 saturated carbocycles. The second-order valence-electron chi connectivity index (χ2n) is 6.52. The van der Waals surface area contributed by atoms with Crippen LogP contribution in [0.2, 0.25) is 0 Å². The SMILES string of the molecule is COC(=O)CC(NC(=O)c1cc(C(C)C)nc2onc(C)c12)c1cccs1. The molecule has 0 spiro atoms.